The lowest BCUT2D eigenvalue weighted by atomic mass is 10.2. The Hall–Kier alpha value is -1.20. The number of nitrogens with two attached hydrogens (primary N) is 1. The highest BCUT2D eigenvalue weighted by Crippen LogP contribution is 2.23. The molecule has 2 N–H and O–H groups in total. The Morgan fingerprint density at radius 2 is 2.11 bits per heavy atom. The van der Waals surface area contributed by atoms with Crippen molar-refractivity contribution in [3.63, 3.8) is 0 Å². The maximum atomic E-state index is 10.9. The van der Waals surface area contributed by atoms with Crippen molar-refractivity contribution in [3.8, 4) is 11.3 Å². The molecule has 1 unspecified atom stereocenters. The quantitative estimate of drug-likeness (QED) is 0.859. The van der Waals surface area contributed by atoms with Gasteiger partial charge in [-0.2, -0.15) is 0 Å². The first kappa shape index (κ1) is 13.2. The molecule has 0 aliphatic rings. The summed E-state index contributed by atoms with van der Waals surface area (Å²) in [7, 11) is 0. The number of benzene rings is 1. The third-order valence-electron chi connectivity index (χ3n) is 2.54. The average molecular weight is 325 g/mol. The van der Waals surface area contributed by atoms with Crippen molar-refractivity contribution in [3.05, 3.63) is 40.7 Å². The van der Waals surface area contributed by atoms with E-state index in [1.165, 1.54) is 0 Å². The fourth-order valence-corrected chi connectivity index (χ4v) is 2.61. The Morgan fingerprint density at radius 1 is 1.39 bits per heavy atom. The number of nitrogens with zero attached hydrogens (tertiary/aromatic N) is 1. The molecule has 0 aliphatic carbocycles. The summed E-state index contributed by atoms with van der Waals surface area (Å²) in [5.74, 6) is -0.324. The predicted molar refractivity (Wildman–Crippen MR) is 77.8 cm³/mol. The van der Waals surface area contributed by atoms with Gasteiger partial charge in [-0.05, 0) is 6.42 Å². The van der Waals surface area contributed by atoms with Crippen molar-refractivity contribution in [2.75, 3.05) is 0 Å². The first-order chi connectivity index (χ1) is 8.66. The Balaban J connectivity index is 2.01. The van der Waals surface area contributed by atoms with E-state index in [9.17, 15) is 4.79 Å². The van der Waals surface area contributed by atoms with Crippen molar-refractivity contribution >= 4 is 33.2 Å². The van der Waals surface area contributed by atoms with Gasteiger partial charge < -0.3 is 5.73 Å². The van der Waals surface area contributed by atoms with E-state index in [1.807, 2.05) is 35.7 Å². The van der Waals surface area contributed by atoms with Crippen LogP contribution >= 0.6 is 27.3 Å². The molecule has 0 bridgehead atoms. The molecule has 1 aromatic carbocycles. The molecule has 94 valence electrons. The molecule has 0 saturated heterocycles. The van der Waals surface area contributed by atoms with Crippen molar-refractivity contribution in [2.45, 2.75) is 17.7 Å². The third-order valence-corrected chi connectivity index (χ3v) is 4.36. The van der Waals surface area contributed by atoms with Gasteiger partial charge in [0.2, 0.25) is 5.91 Å². The summed E-state index contributed by atoms with van der Waals surface area (Å²) in [5.41, 5.74) is 7.30. The number of hydrogen-bond acceptors (Lipinski definition) is 3. The van der Waals surface area contributed by atoms with Crippen LogP contribution in [0.5, 0.6) is 0 Å². The summed E-state index contributed by atoms with van der Waals surface area (Å²) < 4.78 is 0. The zero-order chi connectivity index (χ0) is 13.0. The second kappa shape index (κ2) is 6.11. The van der Waals surface area contributed by atoms with Crippen LogP contribution in [0.2, 0.25) is 0 Å². The smallest absolute Gasteiger partial charge is 0.231 e. The molecule has 1 aromatic heterocycles. The summed E-state index contributed by atoms with van der Waals surface area (Å²) in [5, 5.41) is 3.07. The maximum absolute atomic E-state index is 10.9. The molecule has 3 nitrogen and oxygen atoms in total. The fourth-order valence-electron chi connectivity index (χ4n) is 1.56. The van der Waals surface area contributed by atoms with Crippen LogP contribution in [0, 0.1) is 0 Å². The largest absolute Gasteiger partial charge is 0.369 e. The molecule has 5 heteroatoms. The predicted octanol–water partition coefficient (Wildman–Crippen LogP) is 2.99. The standard InChI is InChI=1S/C13H13BrN2OS/c14-10(13(15)17)6-7-12-16-11(8-18-12)9-4-2-1-3-5-9/h1-5,8,10H,6-7H2,(H2,15,17). The van der Waals surface area contributed by atoms with Crippen LogP contribution in [0.25, 0.3) is 11.3 Å². The molecule has 0 fully saturated rings. The monoisotopic (exact) mass is 324 g/mol. The number of hydrogen-bond donors (Lipinski definition) is 1. The fraction of sp³-hybridized carbons (Fsp3) is 0.231. The highest BCUT2D eigenvalue weighted by molar-refractivity contribution is 9.10. The van der Waals surface area contributed by atoms with Gasteiger partial charge in [-0.25, -0.2) is 4.98 Å². The first-order valence-electron chi connectivity index (χ1n) is 5.60. The number of primary amides is 1. The van der Waals surface area contributed by atoms with E-state index in [2.05, 4.69) is 20.9 Å². The van der Waals surface area contributed by atoms with Gasteiger partial charge in [-0.1, -0.05) is 46.3 Å². The highest BCUT2D eigenvalue weighted by atomic mass is 79.9. The van der Waals surface area contributed by atoms with Crippen molar-refractivity contribution in [2.24, 2.45) is 5.73 Å². The summed E-state index contributed by atoms with van der Waals surface area (Å²) in [6, 6.07) is 10.1. The third kappa shape index (κ3) is 3.40. The molecule has 0 spiro atoms. The number of alkyl halides is 1. The maximum Gasteiger partial charge on any atom is 0.231 e. The van der Waals surface area contributed by atoms with Gasteiger partial charge >= 0.3 is 0 Å². The molecule has 2 aromatic rings. The van der Waals surface area contributed by atoms with E-state index in [0.717, 1.165) is 22.7 Å². The number of amides is 1. The van der Waals surface area contributed by atoms with Gasteiger partial charge in [0.25, 0.3) is 0 Å². The Morgan fingerprint density at radius 3 is 2.78 bits per heavy atom. The van der Waals surface area contributed by atoms with E-state index < -0.39 is 0 Å². The van der Waals surface area contributed by atoms with Crippen molar-refractivity contribution in [1.82, 2.24) is 4.98 Å². The summed E-state index contributed by atoms with van der Waals surface area (Å²) in [6.07, 6.45) is 1.44. The molecule has 18 heavy (non-hydrogen) atoms. The first-order valence-corrected chi connectivity index (χ1v) is 7.39. The molecule has 1 heterocycles. The lowest BCUT2D eigenvalue weighted by Gasteiger charge is -2.02. The zero-order valence-corrected chi connectivity index (χ0v) is 12.1. The number of carbonyl (C=O) groups excluding carboxylic acids is 1. The van der Waals surface area contributed by atoms with Crippen molar-refractivity contribution < 1.29 is 4.79 Å². The van der Waals surface area contributed by atoms with Gasteiger partial charge in [-0.15, -0.1) is 11.3 Å². The Bertz CT molecular complexity index is 527. The van der Waals surface area contributed by atoms with E-state index in [-0.39, 0.29) is 10.7 Å². The van der Waals surface area contributed by atoms with E-state index in [0.29, 0.717) is 6.42 Å². The van der Waals surface area contributed by atoms with E-state index in [4.69, 9.17) is 5.73 Å². The van der Waals surface area contributed by atoms with Crippen LogP contribution in [0.4, 0.5) is 0 Å². The van der Waals surface area contributed by atoms with Crippen LogP contribution in [-0.2, 0) is 11.2 Å². The highest BCUT2D eigenvalue weighted by Gasteiger charge is 2.12. The lowest BCUT2D eigenvalue weighted by Crippen LogP contribution is -2.23. The van der Waals surface area contributed by atoms with Gasteiger partial charge in [0.1, 0.15) is 0 Å². The number of carbonyl (C=O) groups is 1. The average Bonchev–Trinajstić information content (AvgIpc) is 2.85. The number of rotatable bonds is 5. The number of thiazole rings is 1. The zero-order valence-electron chi connectivity index (χ0n) is 9.67. The topological polar surface area (TPSA) is 56.0 Å². The van der Waals surface area contributed by atoms with E-state index >= 15 is 0 Å². The summed E-state index contributed by atoms with van der Waals surface area (Å²) in [6.45, 7) is 0. The van der Waals surface area contributed by atoms with Gasteiger partial charge in [-0.3, -0.25) is 4.79 Å². The van der Waals surface area contributed by atoms with Crippen LogP contribution in [-0.4, -0.2) is 15.7 Å². The number of aromatic nitrogens is 1. The molecule has 1 atom stereocenters. The SMILES string of the molecule is NC(=O)C(Br)CCc1nc(-c2ccccc2)cs1. The molecular formula is C13H13BrN2OS. The molecule has 2 rings (SSSR count). The second-order valence-electron chi connectivity index (χ2n) is 3.90. The summed E-state index contributed by atoms with van der Waals surface area (Å²) >= 11 is 4.87. The van der Waals surface area contributed by atoms with Crippen LogP contribution in [0.15, 0.2) is 35.7 Å². The van der Waals surface area contributed by atoms with E-state index in [1.54, 1.807) is 11.3 Å². The van der Waals surface area contributed by atoms with Gasteiger partial charge in [0.15, 0.2) is 0 Å². The van der Waals surface area contributed by atoms with Crippen molar-refractivity contribution in [1.29, 1.82) is 0 Å². The molecule has 0 saturated carbocycles. The number of halogens is 1. The Kier molecular flexibility index (Phi) is 4.49. The minimum Gasteiger partial charge on any atom is -0.369 e. The Labute approximate surface area is 118 Å². The van der Waals surface area contributed by atoms with Gasteiger partial charge in [0.05, 0.1) is 15.5 Å². The molecular weight excluding hydrogens is 312 g/mol. The second-order valence-corrected chi connectivity index (χ2v) is 5.95. The lowest BCUT2D eigenvalue weighted by molar-refractivity contribution is -0.117. The van der Waals surface area contributed by atoms with Crippen LogP contribution in [0.1, 0.15) is 11.4 Å². The summed E-state index contributed by atoms with van der Waals surface area (Å²) in [4.78, 5) is 15.2. The van der Waals surface area contributed by atoms with Crippen LogP contribution < -0.4 is 5.73 Å². The minimum atomic E-state index is -0.324. The normalized spacial score (nSPS) is 12.3. The number of aryl methyl sites for hydroxylation is 1. The van der Waals surface area contributed by atoms with Gasteiger partial charge in [0, 0.05) is 17.4 Å². The molecule has 0 aliphatic heterocycles. The van der Waals surface area contributed by atoms with Crippen LogP contribution in [0.3, 0.4) is 0 Å². The molecule has 1 amide bonds. The molecule has 0 radical (unpaired) electrons. The minimum absolute atomic E-state index is 0.276.